The van der Waals surface area contributed by atoms with E-state index < -0.39 is 37.6 Å². The van der Waals surface area contributed by atoms with E-state index in [9.17, 15) is 21.6 Å². The summed E-state index contributed by atoms with van der Waals surface area (Å²) in [4.78, 5) is 18.5. The minimum absolute atomic E-state index is 0.0147. The first-order valence-corrected chi connectivity index (χ1v) is 14.7. The molecule has 3 aromatic carbocycles. The van der Waals surface area contributed by atoms with Gasteiger partial charge in [0, 0.05) is 29.9 Å². The highest BCUT2D eigenvalue weighted by molar-refractivity contribution is 7.91. The van der Waals surface area contributed by atoms with E-state index in [1.54, 1.807) is 42.5 Å². The van der Waals surface area contributed by atoms with Crippen molar-refractivity contribution < 1.29 is 26.0 Å². The zero-order valence-electron chi connectivity index (χ0n) is 19.6. The molecule has 0 radical (unpaired) electrons. The SMILES string of the molecule is CS(=O)(=O)c1ccccc1-c1ccc(N2CCC(NS(=O)(=O)c3cccc4cccnc34)C2=O)c(F)c1. The van der Waals surface area contributed by atoms with Gasteiger partial charge in [0.05, 0.1) is 16.1 Å². The van der Waals surface area contributed by atoms with Gasteiger partial charge in [-0.15, -0.1) is 0 Å². The van der Waals surface area contributed by atoms with Crippen LogP contribution in [-0.4, -0.2) is 46.6 Å². The molecule has 1 fully saturated rings. The van der Waals surface area contributed by atoms with Crippen molar-refractivity contribution in [3.63, 3.8) is 0 Å². The number of fused-ring (bicyclic) bond motifs is 1. The number of carbonyl (C=O) groups excluding carboxylic acids is 1. The third-order valence-electron chi connectivity index (χ3n) is 6.22. The fourth-order valence-electron chi connectivity index (χ4n) is 4.49. The van der Waals surface area contributed by atoms with Gasteiger partial charge in [-0.1, -0.05) is 42.5 Å². The molecule has 0 saturated carbocycles. The number of para-hydroxylation sites is 1. The molecule has 5 rings (SSSR count). The molecule has 0 spiro atoms. The van der Waals surface area contributed by atoms with E-state index in [0.717, 1.165) is 6.26 Å². The van der Waals surface area contributed by atoms with Crippen LogP contribution >= 0.6 is 0 Å². The number of pyridine rings is 1. The number of aromatic nitrogens is 1. The molecule has 1 unspecified atom stereocenters. The Labute approximate surface area is 213 Å². The molecule has 1 aliphatic heterocycles. The molecule has 0 bridgehead atoms. The first kappa shape index (κ1) is 25.0. The number of halogens is 1. The summed E-state index contributed by atoms with van der Waals surface area (Å²) in [6, 6.07) is 17.5. The number of carbonyl (C=O) groups is 1. The molecule has 37 heavy (non-hydrogen) atoms. The number of nitrogens with zero attached hydrogens (tertiary/aromatic N) is 2. The number of rotatable bonds is 6. The number of nitrogens with one attached hydrogen (secondary N) is 1. The monoisotopic (exact) mass is 539 g/mol. The molecule has 1 saturated heterocycles. The third kappa shape index (κ3) is 4.73. The van der Waals surface area contributed by atoms with Gasteiger partial charge in [-0.3, -0.25) is 9.78 Å². The first-order chi connectivity index (χ1) is 17.6. The molecule has 2 heterocycles. The summed E-state index contributed by atoms with van der Waals surface area (Å²) >= 11 is 0. The van der Waals surface area contributed by atoms with Gasteiger partial charge in [0.1, 0.15) is 16.8 Å². The minimum Gasteiger partial charge on any atom is -0.308 e. The number of sulfone groups is 1. The molecule has 190 valence electrons. The largest absolute Gasteiger partial charge is 0.308 e. The summed E-state index contributed by atoms with van der Waals surface area (Å²) in [6.45, 7) is 0.107. The molecular weight excluding hydrogens is 517 g/mol. The van der Waals surface area contributed by atoms with Crippen LogP contribution in [0.5, 0.6) is 0 Å². The van der Waals surface area contributed by atoms with Gasteiger partial charge in [-0.25, -0.2) is 21.2 Å². The maximum absolute atomic E-state index is 15.2. The Morgan fingerprint density at radius 3 is 2.43 bits per heavy atom. The van der Waals surface area contributed by atoms with Crippen LogP contribution in [0.15, 0.2) is 88.8 Å². The molecule has 1 atom stereocenters. The fourth-order valence-corrected chi connectivity index (χ4v) is 6.81. The topological polar surface area (TPSA) is 114 Å². The number of sulfonamides is 1. The molecule has 4 aromatic rings. The van der Waals surface area contributed by atoms with Crippen molar-refractivity contribution in [2.75, 3.05) is 17.7 Å². The Morgan fingerprint density at radius 2 is 1.68 bits per heavy atom. The van der Waals surface area contributed by atoms with Gasteiger partial charge in [0.15, 0.2) is 9.84 Å². The van der Waals surface area contributed by atoms with Crippen molar-refractivity contribution in [2.24, 2.45) is 0 Å². The van der Waals surface area contributed by atoms with Crippen LogP contribution in [0, 0.1) is 5.82 Å². The van der Waals surface area contributed by atoms with Crippen LogP contribution in [0.4, 0.5) is 10.1 Å². The van der Waals surface area contributed by atoms with Crippen LogP contribution in [0.1, 0.15) is 6.42 Å². The van der Waals surface area contributed by atoms with Crippen molar-refractivity contribution >= 4 is 42.4 Å². The maximum Gasteiger partial charge on any atom is 0.245 e. The lowest BCUT2D eigenvalue weighted by Crippen LogP contribution is -2.41. The Bertz CT molecular complexity index is 1750. The smallest absolute Gasteiger partial charge is 0.245 e. The van der Waals surface area contributed by atoms with Crippen LogP contribution < -0.4 is 9.62 Å². The normalized spacial score (nSPS) is 16.4. The van der Waals surface area contributed by atoms with Crippen LogP contribution in [0.2, 0.25) is 0 Å². The summed E-state index contributed by atoms with van der Waals surface area (Å²) in [6.07, 6.45) is 2.72. The van der Waals surface area contributed by atoms with E-state index in [1.807, 2.05) is 0 Å². The van der Waals surface area contributed by atoms with Crippen molar-refractivity contribution in [3.05, 3.63) is 84.8 Å². The average molecular weight is 540 g/mol. The predicted molar refractivity (Wildman–Crippen MR) is 138 cm³/mol. The predicted octanol–water partition coefficient (Wildman–Crippen LogP) is 3.53. The van der Waals surface area contributed by atoms with Crippen molar-refractivity contribution in [1.82, 2.24) is 9.71 Å². The highest BCUT2D eigenvalue weighted by Crippen LogP contribution is 2.33. The second-order valence-electron chi connectivity index (χ2n) is 8.72. The lowest BCUT2D eigenvalue weighted by atomic mass is 10.0. The number of hydrogen-bond acceptors (Lipinski definition) is 6. The van der Waals surface area contributed by atoms with Gasteiger partial charge in [-0.05, 0) is 42.3 Å². The Hall–Kier alpha value is -3.67. The zero-order chi connectivity index (χ0) is 26.4. The van der Waals surface area contributed by atoms with Crippen molar-refractivity contribution in [1.29, 1.82) is 0 Å². The molecule has 1 aromatic heterocycles. The highest BCUT2D eigenvalue weighted by Gasteiger charge is 2.37. The van der Waals surface area contributed by atoms with E-state index in [2.05, 4.69) is 9.71 Å². The number of benzene rings is 3. The molecule has 1 N–H and O–H groups in total. The number of hydrogen-bond donors (Lipinski definition) is 1. The van der Waals surface area contributed by atoms with E-state index in [-0.39, 0.29) is 34.0 Å². The third-order valence-corrected chi connectivity index (χ3v) is 8.88. The van der Waals surface area contributed by atoms with Crippen molar-refractivity contribution in [3.8, 4) is 11.1 Å². The summed E-state index contributed by atoms with van der Waals surface area (Å²) in [5.74, 6) is -1.31. The molecule has 0 aliphatic carbocycles. The molecule has 8 nitrogen and oxygen atoms in total. The number of amides is 1. The summed E-state index contributed by atoms with van der Waals surface area (Å²) in [7, 11) is -7.64. The van der Waals surface area contributed by atoms with Gasteiger partial charge in [0.2, 0.25) is 15.9 Å². The first-order valence-electron chi connectivity index (χ1n) is 11.3. The average Bonchev–Trinajstić information content (AvgIpc) is 3.22. The van der Waals surface area contributed by atoms with Crippen LogP contribution in [0.25, 0.3) is 22.0 Å². The van der Waals surface area contributed by atoms with Gasteiger partial charge >= 0.3 is 0 Å². The van der Waals surface area contributed by atoms with Gasteiger partial charge in [-0.2, -0.15) is 4.72 Å². The summed E-state index contributed by atoms with van der Waals surface area (Å²) in [5, 5.41) is 0.643. The summed E-state index contributed by atoms with van der Waals surface area (Å²) in [5.41, 5.74) is 0.960. The Balaban J connectivity index is 1.40. The lowest BCUT2D eigenvalue weighted by Gasteiger charge is -2.19. The molecular formula is C26H22FN3O5S2. The van der Waals surface area contributed by atoms with Crippen molar-refractivity contribution in [2.45, 2.75) is 22.3 Å². The molecule has 1 amide bonds. The fraction of sp³-hybridized carbons (Fsp3) is 0.154. The Morgan fingerprint density at radius 1 is 0.946 bits per heavy atom. The lowest BCUT2D eigenvalue weighted by molar-refractivity contribution is -0.118. The standard InChI is InChI=1S/C26H22FN3O5S2/c1-36(32,33)23-9-3-2-8-19(23)18-11-12-22(20(27)16-18)30-15-13-21(26(30)31)29-37(34,35)24-10-4-6-17-7-5-14-28-25(17)24/h2-12,14,16,21,29H,13,15H2,1H3. The van der Waals surface area contributed by atoms with Gasteiger partial charge < -0.3 is 4.90 Å². The maximum atomic E-state index is 15.2. The minimum atomic E-state index is -4.09. The van der Waals surface area contributed by atoms with E-state index in [4.69, 9.17) is 0 Å². The molecule has 1 aliphatic rings. The molecule has 11 heteroatoms. The zero-order valence-corrected chi connectivity index (χ0v) is 21.3. The van der Waals surface area contributed by atoms with Crippen LogP contribution in [0.3, 0.4) is 0 Å². The Kier molecular flexibility index (Phi) is 6.30. The van der Waals surface area contributed by atoms with Gasteiger partial charge in [0.25, 0.3) is 0 Å². The second-order valence-corrected chi connectivity index (χ2v) is 12.4. The summed E-state index contributed by atoms with van der Waals surface area (Å²) < 4.78 is 68.2. The van der Waals surface area contributed by atoms with E-state index >= 15 is 4.39 Å². The quantitative estimate of drug-likeness (QED) is 0.401. The van der Waals surface area contributed by atoms with E-state index in [0.29, 0.717) is 16.5 Å². The van der Waals surface area contributed by atoms with E-state index in [1.165, 1.54) is 41.4 Å². The second kappa shape index (κ2) is 9.33. The van der Waals surface area contributed by atoms with Crippen LogP contribution in [-0.2, 0) is 24.7 Å². The number of anilines is 1. The highest BCUT2D eigenvalue weighted by atomic mass is 32.2.